The smallest absolute Gasteiger partial charge is 0.343 e. The van der Waals surface area contributed by atoms with Gasteiger partial charge >= 0.3 is 12.0 Å². The molecule has 6 aromatic rings. The minimum atomic E-state index is -1.91. The van der Waals surface area contributed by atoms with E-state index in [1.54, 1.807) is 53.8 Å². The van der Waals surface area contributed by atoms with Crippen molar-refractivity contribution in [2.75, 3.05) is 25.1 Å². The lowest BCUT2D eigenvalue weighted by Gasteiger charge is -2.31. The number of aromatic hydroxyl groups is 2. The van der Waals surface area contributed by atoms with E-state index in [4.69, 9.17) is 25.6 Å². The SMILES string of the molecule is CCc1c2c(nc3ccc(OCC(=O)N(C)CCn4ccc5cc(N(C(=N)c6cc(C(C)C)c(O)cc6O)C(N)=O)ccc54)cc13)-c1cc3c(c(=O)n1C2)COC(=O)C3(O)CC. The van der Waals surface area contributed by atoms with Crippen molar-refractivity contribution in [1.29, 1.82) is 5.41 Å². The van der Waals surface area contributed by atoms with Crippen LogP contribution in [-0.4, -0.2) is 78.3 Å². The molecule has 0 fully saturated rings. The van der Waals surface area contributed by atoms with Gasteiger partial charge in [-0.3, -0.25) is 15.0 Å². The summed E-state index contributed by atoms with van der Waals surface area (Å²) in [6.07, 6.45) is 2.54. The van der Waals surface area contributed by atoms with E-state index in [0.717, 1.165) is 38.4 Å². The minimum Gasteiger partial charge on any atom is -0.508 e. The number of hydrogen-bond acceptors (Lipinski definition) is 11. The number of pyridine rings is 2. The highest BCUT2D eigenvalue weighted by Crippen LogP contribution is 2.41. The summed E-state index contributed by atoms with van der Waals surface area (Å²) in [6, 6.07) is 15.8. The molecule has 8 rings (SSSR count). The van der Waals surface area contributed by atoms with Crippen LogP contribution < -0.4 is 20.9 Å². The molecule has 3 amide bonds. The van der Waals surface area contributed by atoms with Gasteiger partial charge in [-0.15, -0.1) is 0 Å². The molecule has 3 aromatic carbocycles. The van der Waals surface area contributed by atoms with E-state index < -0.39 is 17.6 Å². The Labute approximate surface area is 355 Å². The summed E-state index contributed by atoms with van der Waals surface area (Å²) in [7, 11) is 1.69. The van der Waals surface area contributed by atoms with Crippen LogP contribution in [0.2, 0.25) is 0 Å². The number of amidine groups is 1. The van der Waals surface area contributed by atoms with E-state index in [2.05, 4.69) is 0 Å². The van der Waals surface area contributed by atoms with Crippen molar-refractivity contribution in [3.05, 3.63) is 111 Å². The van der Waals surface area contributed by atoms with Gasteiger partial charge in [0.1, 0.15) is 29.7 Å². The number of hydrogen-bond donors (Lipinski definition) is 5. The van der Waals surface area contributed by atoms with E-state index in [9.17, 15) is 34.5 Å². The van der Waals surface area contributed by atoms with Crippen LogP contribution in [0.5, 0.6) is 17.2 Å². The molecule has 1 atom stereocenters. The van der Waals surface area contributed by atoms with Crippen LogP contribution in [0.4, 0.5) is 10.5 Å². The highest BCUT2D eigenvalue weighted by atomic mass is 16.6. The first-order valence-electron chi connectivity index (χ1n) is 20.4. The molecular formula is C46H47N7O9. The van der Waals surface area contributed by atoms with Crippen molar-refractivity contribution in [2.45, 2.75) is 71.8 Å². The number of amides is 3. The number of aryl methyl sites for hydroxylation is 1. The van der Waals surface area contributed by atoms with Crippen molar-refractivity contribution in [2.24, 2.45) is 5.73 Å². The fourth-order valence-corrected chi connectivity index (χ4v) is 8.53. The van der Waals surface area contributed by atoms with E-state index >= 15 is 0 Å². The van der Waals surface area contributed by atoms with Crippen LogP contribution in [0.3, 0.4) is 0 Å². The number of nitrogens with zero attached hydrogens (tertiary/aromatic N) is 5. The van der Waals surface area contributed by atoms with E-state index in [0.29, 0.717) is 53.4 Å². The van der Waals surface area contributed by atoms with Gasteiger partial charge in [0.05, 0.1) is 40.3 Å². The molecule has 0 saturated carbocycles. The van der Waals surface area contributed by atoms with Gasteiger partial charge in [0.25, 0.3) is 11.5 Å². The number of phenols is 2. The average Bonchev–Trinajstić information content (AvgIpc) is 3.83. The second kappa shape index (κ2) is 15.7. The number of carbonyl (C=O) groups is 3. The summed E-state index contributed by atoms with van der Waals surface area (Å²) < 4.78 is 14.8. The average molecular weight is 842 g/mol. The van der Waals surface area contributed by atoms with Gasteiger partial charge in [0.2, 0.25) is 0 Å². The first kappa shape index (κ1) is 41.5. The molecular weight excluding hydrogens is 795 g/mol. The number of ether oxygens (including phenoxy) is 2. The number of esters is 1. The van der Waals surface area contributed by atoms with Crippen molar-refractivity contribution < 1.29 is 39.2 Å². The van der Waals surface area contributed by atoms with Crippen molar-refractivity contribution in [3.63, 3.8) is 0 Å². The number of aromatic nitrogens is 3. The maximum atomic E-state index is 13.7. The number of aliphatic hydroxyl groups is 1. The Kier molecular flexibility index (Phi) is 10.5. The third kappa shape index (κ3) is 6.85. The second-order valence-electron chi connectivity index (χ2n) is 16.0. The molecule has 0 spiro atoms. The van der Waals surface area contributed by atoms with E-state index in [-0.39, 0.29) is 77.6 Å². The summed E-state index contributed by atoms with van der Waals surface area (Å²) in [5.74, 6) is -1.47. The molecule has 0 aliphatic carbocycles. The Morgan fingerprint density at radius 3 is 2.52 bits per heavy atom. The van der Waals surface area contributed by atoms with Gasteiger partial charge in [0, 0.05) is 59.8 Å². The monoisotopic (exact) mass is 841 g/mol. The Morgan fingerprint density at radius 1 is 1.03 bits per heavy atom. The third-order valence-corrected chi connectivity index (χ3v) is 12.1. The summed E-state index contributed by atoms with van der Waals surface area (Å²) >= 11 is 0. The van der Waals surface area contributed by atoms with Gasteiger partial charge in [-0.2, -0.15) is 0 Å². The number of nitrogens with two attached hydrogens (primary N) is 1. The van der Waals surface area contributed by atoms with E-state index in [1.807, 2.05) is 49.7 Å². The number of likely N-dealkylation sites (N-methyl/N-ethyl adjacent to an activating group) is 1. The van der Waals surface area contributed by atoms with Crippen molar-refractivity contribution in [1.82, 2.24) is 19.0 Å². The molecule has 16 heteroatoms. The van der Waals surface area contributed by atoms with Gasteiger partial charge in [-0.05, 0) is 84.5 Å². The van der Waals surface area contributed by atoms with Crippen molar-refractivity contribution in [3.8, 4) is 28.6 Å². The van der Waals surface area contributed by atoms with Crippen LogP contribution in [-0.2, 0) is 46.0 Å². The Balaban J connectivity index is 0.948. The number of nitrogens with one attached hydrogen (secondary N) is 1. The highest BCUT2D eigenvalue weighted by molar-refractivity contribution is 6.22. The zero-order valence-corrected chi connectivity index (χ0v) is 35.0. The first-order chi connectivity index (χ1) is 29.6. The number of primary amides is 1. The summed E-state index contributed by atoms with van der Waals surface area (Å²) in [5, 5.41) is 42.5. The first-order valence-corrected chi connectivity index (χ1v) is 20.4. The molecule has 5 heterocycles. The topological polar surface area (TPSA) is 227 Å². The Bertz CT molecular complexity index is 2940. The Morgan fingerprint density at radius 2 is 1.81 bits per heavy atom. The number of fused-ring (bicyclic) bond motifs is 6. The zero-order valence-electron chi connectivity index (χ0n) is 35.0. The molecule has 0 radical (unpaired) electrons. The number of cyclic esters (lactones) is 1. The lowest BCUT2D eigenvalue weighted by atomic mass is 9.86. The number of anilines is 1. The van der Waals surface area contributed by atoms with Gasteiger partial charge in [-0.25, -0.2) is 19.5 Å². The minimum absolute atomic E-state index is 0.0413. The molecule has 16 nitrogen and oxygen atoms in total. The maximum absolute atomic E-state index is 13.7. The van der Waals surface area contributed by atoms with E-state index in [1.165, 1.54) is 6.07 Å². The number of rotatable bonds is 11. The number of carbonyl (C=O) groups excluding carboxylic acids is 3. The second-order valence-corrected chi connectivity index (χ2v) is 16.0. The summed E-state index contributed by atoms with van der Waals surface area (Å²) in [4.78, 5) is 59.8. The van der Waals surface area contributed by atoms with Crippen LogP contribution in [0.25, 0.3) is 33.2 Å². The summed E-state index contributed by atoms with van der Waals surface area (Å²) in [5.41, 5.74) is 9.37. The quantitative estimate of drug-likeness (QED) is 0.0617. The molecule has 0 saturated heterocycles. The van der Waals surface area contributed by atoms with Crippen LogP contribution in [0, 0.1) is 5.41 Å². The maximum Gasteiger partial charge on any atom is 0.343 e. The lowest BCUT2D eigenvalue weighted by molar-refractivity contribution is -0.172. The lowest BCUT2D eigenvalue weighted by Crippen LogP contribution is -2.44. The standard InChI is InChI=1S/C46H47N7O9/c1-6-28-30-17-27(9-10-35(30)49-41-32(28)21-52-37(41)19-34-33(43(52)57)22-62-44(58)46(34,60)7-2)61-23-40(56)50(5)14-15-51-13-12-25-16-26(8-11-36(25)51)53(45(48)59)42(47)31-18-29(24(3)4)38(54)20-39(31)55/h8-13,16-20,24,47,54-55,60H,6-7,14-15,21-23H2,1-5H3,(H2,48,59). The Hall–Kier alpha value is -7.20. The molecule has 62 heavy (non-hydrogen) atoms. The third-order valence-electron chi connectivity index (χ3n) is 12.1. The fraction of sp³-hybridized carbons (Fsp3) is 0.304. The van der Waals surface area contributed by atoms with Gasteiger partial charge < -0.3 is 44.6 Å². The van der Waals surface area contributed by atoms with Gasteiger partial charge in [0.15, 0.2) is 12.2 Å². The van der Waals surface area contributed by atoms with Gasteiger partial charge in [-0.1, -0.05) is 27.7 Å². The largest absolute Gasteiger partial charge is 0.508 e. The molecule has 3 aromatic heterocycles. The molecule has 0 bridgehead atoms. The van der Waals surface area contributed by atoms with Crippen LogP contribution >= 0.6 is 0 Å². The number of urea groups is 1. The van der Waals surface area contributed by atoms with Crippen molar-refractivity contribution >= 4 is 51.2 Å². The predicted molar refractivity (Wildman–Crippen MR) is 232 cm³/mol. The summed E-state index contributed by atoms with van der Waals surface area (Å²) in [6.45, 7) is 8.07. The fourth-order valence-electron chi connectivity index (χ4n) is 8.53. The van der Waals surface area contributed by atoms with Crippen LogP contribution in [0.1, 0.15) is 73.4 Å². The molecule has 2 aliphatic heterocycles. The predicted octanol–water partition coefficient (Wildman–Crippen LogP) is 5.58. The number of phenolic OH excluding ortho intramolecular Hbond substituents is 2. The highest BCUT2D eigenvalue weighted by Gasteiger charge is 2.45. The molecule has 320 valence electrons. The number of benzene rings is 3. The zero-order chi connectivity index (χ0) is 44.4. The molecule has 6 N–H and O–H groups in total. The molecule has 1 unspecified atom stereocenters. The molecule has 2 aliphatic rings. The van der Waals surface area contributed by atoms with Crippen LogP contribution in [0.15, 0.2) is 71.7 Å². The normalized spacial score (nSPS) is 15.3.